The van der Waals surface area contributed by atoms with Crippen LogP contribution in [0.4, 0.5) is 34.5 Å². The number of carbonyl (C=O) groups is 3. The number of hydrogen-bond acceptors (Lipinski definition) is 14. The van der Waals surface area contributed by atoms with Crippen LogP contribution < -0.4 is 35.8 Å². The number of hydrogen-bond donors (Lipinski definition) is 3. The second kappa shape index (κ2) is 19.7. The molecule has 11 rings (SSSR count). The minimum atomic E-state index is -2.64. The first-order valence-electron chi connectivity index (χ1n) is 25.5. The van der Waals surface area contributed by atoms with Gasteiger partial charge in [0.15, 0.2) is 0 Å². The molecule has 376 valence electrons. The number of aromatic nitrogens is 5. The summed E-state index contributed by atoms with van der Waals surface area (Å²) in [5.74, 6) is 0.840. The van der Waals surface area contributed by atoms with Gasteiger partial charge in [-0.2, -0.15) is 10.1 Å². The molecule has 8 heterocycles. The summed E-state index contributed by atoms with van der Waals surface area (Å²) in [5.41, 5.74) is 8.35. The molecule has 19 heteroatoms. The summed E-state index contributed by atoms with van der Waals surface area (Å²) in [4.78, 5) is 62.1. The number of halogens is 1. The average Bonchev–Trinajstić information content (AvgIpc) is 3.97. The number of benzene rings is 3. The number of amides is 3. The van der Waals surface area contributed by atoms with Crippen LogP contribution in [0, 0.1) is 12.8 Å². The normalized spacial score (nSPS) is 20.0. The molecule has 72 heavy (non-hydrogen) atoms. The molecule has 3 aromatic carbocycles. The van der Waals surface area contributed by atoms with Gasteiger partial charge in [-0.15, -0.1) is 0 Å². The number of fused-ring (bicyclic) bond motifs is 2. The van der Waals surface area contributed by atoms with Crippen molar-refractivity contribution in [3.05, 3.63) is 82.2 Å². The molecule has 3 N–H and O–H groups in total. The maximum atomic E-state index is 14.5. The predicted octanol–water partition coefficient (Wildman–Crippen LogP) is 7.59. The molecule has 5 saturated heterocycles. The Balaban J connectivity index is 0.702. The topological polar surface area (TPSA) is 183 Å². The van der Waals surface area contributed by atoms with E-state index in [0.29, 0.717) is 72.0 Å². The molecule has 1 atom stereocenters. The van der Waals surface area contributed by atoms with Crippen molar-refractivity contribution in [1.29, 1.82) is 0 Å². The van der Waals surface area contributed by atoms with E-state index in [-0.39, 0.29) is 23.6 Å². The molecule has 3 amide bonds. The number of methoxy groups -OCH3 is 1. The first-order valence-corrected chi connectivity index (χ1v) is 28.3. The number of piperazine rings is 1. The van der Waals surface area contributed by atoms with Crippen LogP contribution in [0.15, 0.2) is 65.3 Å². The molecule has 17 nitrogen and oxygen atoms in total. The third-order valence-corrected chi connectivity index (χ3v) is 19.6. The van der Waals surface area contributed by atoms with Gasteiger partial charge >= 0.3 is 0 Å². The fraction of sp³-hybridized carbons (Fsp3) is 0.453. The molecule has 0 bridgehead atoms. The largest absolute Gasteiger partial charge is 0.494 e. The van der Waals surface area contributed by atoms with Crippen LogP contribution in [-0.2, 0) is 32.4 Å². The molecule has 0 aliphatic carbocycles. The monoisotopic (exact) mass is 1060 g/mol. The quantitative estimate of drug-likeness (QED) is 0.0805. The third-order valence-electron chi connectivity index (χ3n) is 15.7. The minimum absolute atomic E-state index is 0.0612. The van der Waals surface area contributed by atoms with Crippen molar-refractivity contribution in [2.24, 2.45) is 13.0 Å². The van der Waals surface area contributed by atoms with Crippen LogP contribution in [0.1, 0.15) is 68.3 Å². The second-order valence-corrected chi connectivity index (χ2v) is 24.0. The fourth-order valence-electron chi connectivity index (χ4n) is 11.8. The number of carbonyl (C=O) groups excluding carboxylic acids is 3. The summed E-state index contributed by atoms with van der Waals surface area (Å²) in [5, 5.41) is 16.9. The van der Waals surface area contributed by atoms with Crippen LogP contribution in [0.2, 0.25) is 0 Å². The second-order valence-electron chi connectivity index (χ2n) is 20.1. The molecule has 3 aromatic heterocycles. The Hall–Kier alpha value is -6.10. The smallest absolute Gasteiger partial charge is 0.235 e. The van der Waals surface area contributed by atoms with Gasteiger partial charge in [0.25, 0.3) is 0 Å². The average molecular weight is 1060 g/mol. The summed E-state index contributed by atoms with van der Waals surface area (Å²) in [6, 6.07) is 18.8. The molecule has 6 aromatic rings. The van der Waals surface area contributed by atoms with Crippen molar-refractivity contribution in [2.45, 2.75) is 70.8 Å². The predicted molar refractivity (Wildman–Crippen MR) is 286 cm³/mol. The Morgan fingerprint density at radius 1 is 0.889 bits per heavy atom. The van der Waals surface area contributed by atoms with E-state index in [1.54, 1.807) is 13.3 Å². The van der Waals surface area contributed by atoms with Gasteiger partial charge in [-0.1, -0.05) is 25.1 Å². The summed E-state index contributed by atoms with van der Waals surface area (Å²) in [7, 11) is 0.940. The van der Waals surface area contributed by atoms with Crippen LogP contribution in [0.3, 0.4) is 0 Å². The first kappa shape index (κ1) is 48.2. The van der Waals surface area contributed by atoms with Crippen LogP contribution in [0.25, 0.3) is 21.8 Å². The van der Waals surface area contributed by atoms with Crippen LogP contribution >= 0.6 is 23.1 Å². The number of ether oxygens (including phenoxy) is 1. The van der Waals surface area contributed by atoms with Gasteiger partial charge in [-0.25, -0.2) is 4.98 Å². The molecule has 5 aliphatic rings. The standard InChI is InChI=1S/C53H62BrN12O5P/c1-5-33-27-42(58-53-55-29-39(54)50(60-53)57-41-15-14-40-36(12-11-32(2)56-40)49(41)72(70)25-6-7-26-72)45(71-4)28-44(33)64-19-17-35(18-20-64)63-21-23-65(24-22-63)52(69)34-30-66(31-34)43-10-8-9-37-47(61-62(3)48(37)43)38-13-16-46(67)59-51(38)68/h8-12,14-15,27-29,34-35,38H,5-7,13,16-26,30-31H2,1-4H3,(H,59,67,68)(H2,55,57,58,60). The summed E-state index contributed by atoms with van der Waals surface area (Å²) < 4.78 is 23.0. The first-order chi connectivity index (χ1) is 34.9. The van der Waals surface area contributed by atoms with Crippen molar-refractivity contribution in [1.82, 2.24) is 39.8 Å². The van der Waals surface area contributed by atoms with Crippen LogP contribution in [-0.4, -0.2) is 130 Å². The highest BCUT2D eigenvalue weighted by Gasteiger charge is 2.40. The summed E-state index contributed by atoms with van der Waals surface area (Å²) in [6.07, 6.45) is 8.67. The van der Waals surface area contributed by atoms with E-state index in [1.165, 1.54) is 11.3 Å². The lowest BCUT2D eigenvalue weighted by molar-refractivity contribution is -0.138. The van der Waals surface area contributed by atoms with Gasteiger partial charge in [0.1, 0.15) is 18.7 Å². The van der Waals surface area contributed by atoms with E-state index in [4.69, 9.17) is 19.8 Å². The van der Waals surface area contributed by atoms with E-state index >= 15 is 0 Å². The number of aryl methyl sites for hydroxylation is 3. The van der Waals surface area contributed by atoms with Gasteiger partial charge in [-0.3, -0.25) is 34.3 Å². The van der Waals surface area contributed by atoms with Crippen molar-refractivity contribution >= 4 is 102 Å². The zero-order valence-corrected chi connectivity index (χ0v) is 43.9. The van der Waals surface area contributed by atoms with Crippen molar-refractivity contribution in [3.63, 3.8) is 0 Å². The zero-order valence-electron chi connectivity index (χ0n) is 41.4. The molecular weight excluding hydrogens is 996 g/mol. The molecular formula is C53H62BrN12O5P. The molecule has 0 radical (unpaired) electrons. The minimum Gasteiger partial charge on any atom is -0.494 e. The maximum Gasteiger partial charge on any atom is 0.235 e. The summed E-state index contributed by atoms with van der Waals surface area (Å²) in [6.45, 7) is 10.5. The number of rotatable bonds is 12. The Labute approximate surface area is 428 Å². The number of para-hydroxylation sites is 1. The van der Waals surface area contributed by atoms with Crippen molar-refractivity contribution in [2.75, 3.05) is 92.2 Å². The number of imide groups is 1. The van der Waals surface area contributed by atoms with Crippen molar-refractivity contribution < 1.29 is 23.7 Å². The highest BCUT2D eigenvalue weighted by atomic mass is 79.9. The fourth-order valence-corrected chi connectivity index (χ4v) is 15.4. The number of nitrogens with one attached hydrogen (secondary N) is 3. The zero-order chi connectivity index (χ0) is 49.8. The number of piperidine rings is 2. The molecule has 0 spiro atoms. The molecule has 5 aliphatic heterocycles. The van der Waals surface area contributed by atoms with Gasteiger partial charge < -0.3 is 34.6 Å². The van der Waals surface area contributed by atoms with Gasteiger partial charge in [0.05, 0.1) is 57.2 Å². The van der Waals surface area contributed by atoms with E-state index in [9.17, 15) is 18.9 Å². The van der Waals surface area contributed by atoms with Crippen LogP contribution in [0.5, 0.6) is 5.75 Å². The highest BCUT2D eigenvalue weighted by molar-refractivity contribution is 9.10. The van der Waals surface area contributed by atoms with Gasteiger partial charge in [0.2, 0.25) is 23.7 Å². The maximum absolute atomic E-state index is 14.5. The van der Waals surface area contributed by atoms with E-state index in [0.717, 1.165) is 121 Å². The highest BCUT2D eigenvalue weighted by Crippen LogP contribution is 2.54. The van der Waals surface area contributed by atoms with Crippen molar-refractivity contribution in [3.8, 4) is 5.75 Å². The number of anilines is 6. The molecule has 1 unspecified atom stereocenters. The Morgan fingerprint density at radius 3 is 2.40 bits per heavy atom. The van der Waals surface area contributed by atoms with E-state index in [1.807, 2.05) is 49.0 Å². The molecule has 0 saturated carbocycles. The number of pyridine rings is 1. The van der Waals surface area contributed by atoms with E-state index < -0.39 is 13.1 Å². The number of nitrogens with zero attached hydrogens (tertiary/aromatic N) is 9. The lowest BCUT2D eigenvalue weighted by atomic mass is 9.92. The Kier molecular flexibility index (Phi) is 13.2. The lowest BCUT2D eigenvalue weighted by Gasteiger charge is -2.46. The molecule has 5 fully saturated rings. The SMILES string of the molecule is CCc1cc(Nc2ncc(Br)c(Nc3ccc4nc(C)ccc4c3P3(=O)CCCC3)n2)c(OC)cc1N1CCC(N2CCN(C(=O)C3CN(c4cccc5c(C6CCC(=O)NC6=O)nn(C)c45)C3)CC2)CC1. The Bertz CT molecular complexity index is 3150. The summed E-state index contributed by atoms with van der Waals surface area (Å²) >= 11 is 3.67. The van der Waals surface area contributed by atoms with Gasteiger partial charge in [-0.05, 0) is 97.3 Å². The van der Waals surface area contributed by atoms with E-state index in [2.05, 4.69) is 87.7 Å². The van der Waals surface area contributed by atoms with Gasteiger partial charge in [0, 0.05) is 124 Å². The lowest BCUT2D eigenvalue weighted by Crippen LogP contribution is -2.59. The Morgan fingerprint density at radius 2 is 1.67 bits per heavy atom. The third kappa shape index (κ3) is 9.08.